The molecule has 2 aromatic rings. The third-order valence-electron chi connectivity index (χ3n) is 4.57. The number of nitrogens with zero attached hydrogens (tertiary/aromatic N) is 2. The van der Waals surface area contributed by atoms with E-state index in [4.69, 9.17) is 0 Å². The lowest BCUT2D eigenvalue weighted by Gasteiger charge is -2.15. The number of nitrogens with one attached hydrogen (secondary N) is 2. The molecule has 0 aromatic carbocycles. The molecule has 4 rings (SSSR count). The van der Waals surface area contributed by atoms with E-state index in [2.05, 4.69) is 20.2 Å². The van der Waals surface area contributed by atoms with Crippen molar-refractivity contribution in [3.05, 3.63) is 30.1 Å². The van der Waals surface area contributed by atoms with Gasteiger partial charge in [0.2, 0.25) is 0 Å². The van der Waals surface area contributed by atoms with Crippen molar-refractivity contribution in [2.45, 2.75) is 25.3 Å². The molecule has 21 heavy (non-hydrogen) atoms. The minimum atomic E-state index is -0.0728. The topological polar surface area (TPSA) is 61.0 Å². The Hall–Kier alpha value is -1.88. The normalized spacial score (nSPS) is 22.8. The Morgan fingerprint density at radius 3 is 3.10 bits per heavy atom. The zero-order valence-corrected chi connectivity index (χ0v) is 12.0. The number of likely N-dealkylation sites (tertiary alicyclic amines) is 1. The molecule has 3 heterocycles. The van der Waals surface area contributed by atoms with Gasteiger partial charge in [0.25, 0.3) is 5.91 Å². The maximum absolute atomic E-state index is 12.2. The molecule has 1 saturated carbocycles. The molecule has 2 fully saturated rings. The number of carbonyl (C=O) groups is 1. The van der Waals surface area contributed by atoms with Gasteiger partial charge in [0.05, 0.1) is 0 Å². The molecule has 5 nitrogen and oxygen atoms in total. The van der Waals surface area contributed by atoms with Crippen LogP contribution >= 0.6 is 0 Å². The van der Waals surface area contributed by atoms with Crippen molar-refractivity contribution in [3.8, 4) is 0 Å². The summed E-state index contributed by atoms with van der Waals surface area (Å²) in [4.78, 5) is 22.2. The van der Waals surface area contributed by atoms with Gasteiger partial charge in [0, 0.05) is 30.7 Å². The third-order valence-corrected chi connectivity index (χ3v) is 4.57. The first-order chi connectivity index (χ1) is 10.3. The Kier molecular flexibility index (Phi) is 3.15. The Morgan fingerprint density at radius 1 is 1.33 bits per heavy atom. The van der Waals surface area contributed by atoms with Crippen molar-refractivity contribution in [1.29, 1.82) is 0 Å². The fourth-order valence-corrected chi connectivity index (χ4v) is 3.19. The lowest BCUT2D eigenvalue weighted by Crippen LogP contribution is -2.31. The molecule has 110 valence electrons. The fraction of sp³-hybridized carbons (Fsp3) is 0.500. The molecule has 5 heteroatoms. The van der Waals surface area contributed by atoms with Crippen molar-refractivity contribution in [1.82, 2.24) is 20.2 Å². The molecule has 2 aromatic heterocycles. The second-order valence-corrected chi connectivity index (χ2v) is 6.20. The third kappa shape index (κ3) is 2.65. The molecular weight excluding hydrogens is 264 g/mol. The zero-order chi connectivity index (χ0) is 14.2. The van der Waals surface area contributed by atoms with E-state index in [-0.39, 0.29) is 5.91 Å². The van der Waals surface area contributed by atoms with E-state index in [9.17, 15) is 4.79 Å². The van der Waals surface area contributed by atoms with Gasteiger partial charge >= 0.3 is 0 Å². The van der Waals surface area contributed by atoms with Crippen LogP contribution in [0.25, 0.3) is 11.0 Å². The first kappa shape index (κ1) is 12.8. The summed E-state index contributed by atoms with van der Waals surface area (Å²) in [5.74, 6) is 0.514. The summed E-state index contributed by atoms with van der Waals surface area (Å²) in [7, 11) is 0. The van der Waals surface area contributed by atoms with Crippen LogP contribution in [0, 0.1) is 5.92 Å². The van der Waals surface area contributed by atoms with Gasteiger partial charge in [-0.05, 0) is 49.9 Å². The second-order valence-electron chi connectivity index (χ2n) is 6.20. The predicted octanol–water partition coefficient (Wildman–Crippen LogP) is 1.78. The molecule has 1 aliphatic heterocycles. The number of rotatable bonds is 4. The Morgan fingerprint density at radius 2 is 2.24 bits per heavy atom. The number of aromatic nitrogens is 2. The first-order valence-corrected chi connectivity index (χ1v) is 7.76. The molecule has 2 N–H and O–H groups in total. The van der Waals surface area contributed by atoms with Crippen molar-refractivity contribution >= 4 is 16.9 Å². The molecule has 1 saturated heterocycles. The largest absolute Gasteiger partial charge is 0.350 e. The van der Waals surface area contributed by atoms with E-state index in [0.29, 0.717) is 11.6 Å². The molecule has 0 radical (unpaired) electrons. The van der Waals surface area contributed by atoms with Crippen LogP contribution in [0.5, 0.6) is 0 Å². The van der Waals surface area contributed by atoms with Crippen LogP contribution in [0.3, 0.4) is 0 Å². The highest BCUT2D eigenvalue weighted by atomic mass is 16.1. The summed E-state index contributed by atoms with van der Waals surface area (Å²) in [5, 5.41) is 4.07. The monoisotopic (exact) mass is 284 g/mol. The SMILES string of the molecule is O=C(NCC1CCN(C2CC2)C1)c1ccc2cc[nH]c2n1. The Labute approximate surface area is 123 Å². The summed E-state index contributed by atoms with van der Waals surface area (Å²) in [6, 6.07) is 6.51. The summed E-state index contributed by atoms with van der Waals surface area (Å²) in [5.41, 5.74) is 1.26. The van der Waals surface area contributed by atoms with Gasteiger partial charge in [-0.2, -0.15) is 0 Å². The van der Waals surface area contributed by atoms with Crippen LogP contribution < -0.4 is 5.32 Å². The average Bonchev–Trinajstić information content (AvgIpc) is 3.07. The van der Waals surface area contributed by atoms with E-state index < -0.39 is 0 Å². The molecule has 0 bridgehead atoms. The number of aromatic amines is 1. The van der Waals surface area contributed by atoms with Gasteiger partial charge in [-0.1, -0.05) is 0 Å². The van der Waals surface area contributed by atoms with Crippen LogP contribution in [0.4, 0.5) is 0 Å². The van der Waals surface area contributed by atoms with Crippen LogP contribution in [0.2, 0.25) is 0 Å². The van der Waals surface area contributed by atoms with Crippen molar-refractivity contribution in [2.75, 3.05) is 19.6 Å². The summed E-state index contributed by atoms with van der Waals surface area (Å²) in [6.45, 7) is 3.08. The number of hydrogen-bond acceptors (Lipinski definition) is 3. The van der Waals surface area contributed by atoms with Gasteiger partial charge in [0.15, 0.2) is 0 Å². The summed E-state index contributed by atoms with van der Waals surface area (Å²) < 4.78 is 0. The molecule has 2 aliphatic rings. The highest BCUT2D eigenvalue weighted by Gasteiger charge is 2.34. The molecule has 1 aliphatic carbocycles. The highest BCUT2D eigenvalue weighted by molar-refractivity contribution is 5.94. The number of carbonyl (C=O) groups excluding carboxylic acids is 1. The quantitative estimate of drug-likeness (QED) is 0.899. The lowest BCUT2D eigenvalue weighted by atomic mass is 10.1. The number of hydrogen-bond donors (Lipinski definition) is 2. The van der Waals surface area contributed by atoms with Gasteiger partial charge in [-0.3, -0.25) is 4.79 Å². The van der Waals surface area contributed by atoms with Gasteiger partial charge < -0.3 is 15.2 Å². The lowest BCUT2D eigenvalue weighted by molar-refractivity contribution is 0.0942. The fourth-order valence-electron chi connectivity index (χ4n) is 3.19. The zero-order valence-electron chi connectivity index (χ0n) is 12.0. The number of amides is 1. The molecule has 1 atom stereocenters. The minimum Gasteiger partial charge on any atom is -0.350 e. The average molecular weight is 284 g/mol. The van der Waals surface area contributed by atoms with Crippen LogP contribution in [-0.2, 0) is 0 Å². The number of H-pyrrole nitrogens is 1. The molecule has 0 spiro atoms. The van der Waals surface area contributed by atoms with Gasteiger partial charge in [-0.25, -0.2) is 4.98 Å². The standard InChI is InChI=1S/C16H20N4O/c21-16(14-4-1-12-5-7-17-15(12)19-14)18-9-11-6-8-20(10-11)13-2-3-13/h1,4-5,7,11,13H,2-3,6,8-10H2,(H,17,19)(H,18,21). The van der Waals surface area contributed by atoms with Gasteiger partial charge in [0.1, 0.15) is 11.3 Å². The predicted molar refractivity (Wildman–Crippen MR) is 81.1 cm³/mol. The van der Waals surface area contributed by atoms with Crippen molar-refractivity contribution in [2.24, 2.45) is 5.92 Å². The van der Waals surface area contributed by atoms with Crippen LogP contribution in [0.15, 0.2) is 24.4 Å². The maximum Gasteiger partial charge on any atom is 0.269 e. The van der Waals surface area contributed by atoms with E-state index in [1.165, 1.54) is 25.8 Å². The first-order valence-electron chi connectivity index (χ1n) is 7.76. The number of fused-ring (bicyclic) bond motifs is 1. The Balaban J connectivity index is 1.34. The van der Waals surface area contributed by atoms with E-state index in [1.54, 1.807) is 6.07 Å². The maximum atomic E-state index is 12.2. The molecule has 1 unspecified atom stereocenters. The molecular formula is C16H20N4O. The van der Waals surface area contributed by atoms with Crippen molar-refractivity contribution in [3.63, 3.8) is 0 Å². The van der Waals surface area contributed by atoms with Gasteiger partial charge in [-0.15, -0.1) is 0 Å². The van der Waals surface area contributed by atoms with Crippen LogP contribution in [-0.4, -0.2) is 46.5 Å². The molecule has 1 amide bonds. The van der Waals surface area contributed by atoms with E-state index in [0.717, 1.165) is 30.2 Å². The minimum absolute atomic E-state index is 0.0728. The van der Waals surface area contributed by atoms with Crippen molar-refractivity contribution < 1.29 is 4.79 Å². The summed E-state index contributed by atoms with van der Waals surface area (Å²) >= 11 is 0. The van der Waals surface area contributed by atoms with Crippen LogP contribution in [0.1, 0.15) is 29.8 Å². The summed E-state index contributed by atoms with van der Waals surface area (Å²) in [6.07, 6.45) is 5.75. The smallest absolute Gasteiger partial charge is 0.269 e. The Bertz CT molecular complexity index is 661. The second kappa shape index (κ2) is 5.15. The highest BCUT2D eigenvalue weighted by Crippen LogP contribution is 2.31. The number of pyridine rings is 1. The van der Waals surface area contributed by atoms with E-state index >= 15 is 0 Å². The van der Waals surface area contributed by atoms with E-state index in [1.807, 2.05) is 18.3 Å².